The third-order valence-corrected chi connectivity index (χ3v) is 13.5. The summed E-state index contributed by atoms with van der Waals surface area (Å²) in [5, 5.41) is 35.8. The summed E-state index contributed by atoms with van der Waals surface area (Å²) in [5.74, 6) is 1.21. The first-order chi connectivity index (χ1) is 28.0. The second-order valence-electron chi connectivity index (χ2n) is 16.6. The highest BCUT2D eigenvalue weighted by Crippen LogP contribution is 2.55. The second kappa shape index (κ2) is 14.6. The lowest BCUT2D eigenvalue weighted by Gasteiger charge is -2.55. The van der Waals surface area contributed by atoms with Gasteiger partial charge in [-0.3, -0.25) is 14.6 Å². The number of aromatic nitrogens is 3. The van der Waals surface area contributed by atoms with Crippen LogP contribution in [0.2, 0.25) is 0 Å². The maximum Gasteiger partial charge on any atom is 0.309 e. The Kier molecular flexibility index (Phi) is 9.50. The number of oxazole rings is 1. The molecule has 298 valence electrons. The molecule has 0 amide bonds. The first-order valence-electron chi connectivity index (χ1n) is 20.1. The summed E-state index contributed by atoms with van der Waals surface area (Å²) >= 11 is 0. The van der Waals surface area contributed by atoms with Crippen LogP contribution in [-0.4, -0.2) is 86.7 Å². The van der Waals surface area contributed by atoms with E-state index in [2.05, 4.69) is 48.0 Å². The number of hydrogen-bond acceptors (Lipinski definition) is 10. The van der Waals surface area contributed by atoms with Crippen LogP contribution in [0.3, 0.4) is 0 Å². The lowest BCUT2D eigenvalue weighted by atomic mass is 9.57. The van der Waals surface area contributed by atoms with Crippen molar-refractivity contribution in [2.75, 3.05) is 34.4 Å². The summed E-state index contributed by atoms with van der Waals surface area (Å²) in [6.45, 7) is 4.74. The number of aliphatic hydroxyl groups excluding tert-OH is 1. The van der Waals surface area contributed by atoms with Crippen LogP contribution < -0.4 is 9.47 Å². The van der Waals surface area contributed by atoms with Crippen LogP contribution in [0.25, 0.3) is 50.3 Å². The number of nitrogens with zero attached hydrogens (tertiary/aromatic N) is 6. The third kappa shape index (κ3) is 6.29. The summed E-state index contributed by atoms with van der Waals surface area (Å²) in [7, 11) is 5.49. The van der Waals surface area contributed by atoms with Gasteiger partial charge in [0, 0.05) is 54.8 Å². The maximum absolute atomic E-state index is 12.1. The van der Waals surface area contributed by atoms with Crippen LogP contribution in [-0.2, 0) is 17.9 Å². The molecule has 0 radical (unpaired) electrons. The molecule has 1 atom stereocenters. The van der Waals surface area contributed by atoms with Crippen LogP contribution in [0.5, 0.6) is 11.5 Å². The SMILES string of the molecule is COc1cc(-n2ncc3c(-c4cccc(-c5nc6cc(CN7CC[C@@H](O)C7)cc(C#N)c6o5)c4C)cccc32)cc(OC)c1CN(C)C12CCC(C(=O)O)(CC1)CC2. The summed E-state index contributed by atoms with van der Waals surface area (Å²) in [5.41, 5.74) is 8.41. The minimum absolute atomic E-state index is 0.0431. The Bertz CT molecular complexity index is 2570. The van der Waals surface area contributed by atoms with Crippen LogP contribution >= 0.6 is 0 Å². The highest BCUT2D eigenvalue weighted by molar-refractivity contribution is 5.97. The van der Waals surface area contributed by atoms with E-state index in [9.17, 15) is 20.3 Å². The van der Waals surface area contributed by atoms with E-state index in [-0.39, 0.29) is 11.6 Å². The van der Waals surface area contributed by atoms with Gasteiger partial charge in [-0.15, -0.1) is 0 Å². The summed E-state index contributed by atoms with van der Waals surface area (Å²) in [4.78, 5) is 21.5. The molecule has 12 nitrogen and oxygen atoms in total. The number of benzene rings is 4. The van der Waals surface area contributed by atoms with E-state index >= 15 is 0 Å². The zero-order valence-corrected chi connectivity index (χ0v) is 33.4. The molecule has 4 fully saturated rings. The molecule has 3 saturated carbocycles. The number of β-amino-alcohol motifs (C(OH)–C–C–N with tert-alkyl or cyclic N) is 1. The predicted molar refractivity (Wildman–Crippen MR) is 220 cm³/mol. The van der Waals surface area contributed by atoms with E-state index in [1.165, 1.54) is 0 Å². The van der Waals surface area contributed by atoms with Gasteiger partial charge in [-0.1, -0.05) is 24.3 Å². The number of methoxy groups -OCH3 is 2. The molecule has 0 unspecified atom stereocenters. The number of carboxylic acids is 1. The van der Waals surface area contributed by atoms with Gasteiger partial charge in [0.15, 0.2) is 5.58 Å². The lowest BCUT2D eigenvalue weighted by molar-refractivity contribution is -0.160. The number of likely N-dealkylation sites (tertiary alicyclic amines) is 1. The fourth-order valence-corrected chi connectivity index (χ4v) is 9.96. The lowest BCUT2D eigenvalue weighted by Crippen LogP contribution is -2.56. The van der Waals surface area contributed by atoms with Crippen LogP contribution in [0.1, 0.15) is 67.2 Å². The molecule has 6 aromatic rings. The predicted octanol–water partition coefficient (Wildman–Crippen LogP) is 7.87. The molecule has 1 aliphatic heterocycles. The number of carbonyl (C=O) groups is 1. The van der Waals surface area contributed by atoms with E-state index in [1.807, 2.05) is 53.3 Å². The Labute approximate surface area is 337 Å². The highest BCUT2D eigenvalue weighted by Gasteiger charge is 2.54. The van der Waals surface area contributed by atoms with E-state index in [0.717, 1.165) is 82.2 Å². The Morgan fingerprint density at radius 2 is 1.69 bits per heavy atom. The molecule has 2 aromatic heterocycles. The Hall–Kier alpha value is -5.74. The van der Waals surface area contributed by atoms with E-state index in [1.54, 1.807) is 14.2 Å². The van der Waals surface area contributed by atoms with Gasteiger partial charge in [0.1, 0.15) is 23.1 Å². The van der Waals surface area contributed by atoms with Crippen molar-refractivity contribution in [2.45, 2.75) is 76.6 Å². The number of rotatable bonds is 11. The second-order valence-corrected chi connectivity index (χ2v) is 16.6. The minimum Gasteiger partial charge on any atom is -0.496 e. The molecule has 58 heavy (non-hydrogen) atoms. The Balaban J connectivity index is 1.02. The number of fused-ring (bicyclic) bond motifs is 5. The zero-order chi connectivity index (χ0) is 40.3. The minimum atomic E-state index is -0.647. The summed E-state index contributed by atoms with van der Waals surface area (Å²) in [6.07, 6.45) is 7.07. The molecular formula is C46H48N6O6. The fourth-order valence-electron chi connectivity index (χ4n) is 9.96. The van der Waals surface area contributed by atoms with E-state index in [4.69, 9.17) is 24.0 Å². The first kappa shape index (κ1) is 37.8. The smallest absolute Gasteiger partial charge is 0.309 e. The fraction of sp³-hybridized carbons (Fsp3) is 0.391. The van der Waals surface area contributed by atoms with Gasteiger partial charge in [-0.25, -0.2) is 9.67 Å². The molecule has 2 bridgehead atoms. The average molecular weight is 781 g/mol. The van der Waals surface area contributed by atoms with Gasteiger partial charge in [0.25, 0.3) is 0 Å². The largest absolute Gasteiger partial charge is 0.496 e. The van der Waals surface area contributed by atoms with Crippen molar-refractivity contribution in [3.8, 4) is 45.8 Å². The molecule has 2 N–H and O–H groups in total. The molecule has 10 rings (SSSR count). The topological polar surface area (TPSA) is 150 Å². The number of nitriles is 1. The van der Waals surface area contributed by atoms with Gasteiger partial charge >= 0.3 is 5.97 Å². The molecule has 0 spiro atoms. The molecule has 4 aromatic carbocycles. The van der Waals surface area contributed by atoms with Crippen molar-refractivity contribution in [1.29, 1.82) is 5.26 Å². The number of aliphatic carboxylic acids is 1. The number of carboxylic acid groups (broad SMARTS) is 1. The number of aliphatic hydroxyl groups is 1. The standard InChI is InChI=1S/C46H48N6O6/c1-28-33(7-5-8-34(28)43-49-38-20-29(19-30(23-47)42(38)58-43)25-51-18-11-32(53)26-51)35-9-6-10-39-36(35)24-48-52(39)31-21-40(56-3)37(41(22-31)57-4)27-50(2)46-15-12-45(13-16-46,14-17-46)44(54)55/h5-10,19-22,24,32,53H,11-18,25-27H2,1-4H3,(H,54,55)/t32-,45?,46?/m1/s1. The van der Waals surface area contributed by atoms with Crippen LogP contribution in [0, 0.1) is 23.7 Å². The van der Waals surface area contributed by atoms with E-state index in [0.29, 0.717) is 72.9 Å². The van der Waals surface area contributed by atoms with E-state index < -0.39 is 11.4 Å². The Morgan fingerprint density at radius 1 is 1.00 bits per heavy atom. The van der Waals surface area contributed by atoms with Gasteiger partial charge in [-0.05, 0) is 105 Å². The quantitative estimate of drug-likeness (QED) is 0.132. The first-order valence-corrected chi connectivity index (χ1v) is 20.1. The van der Waals surface area contributed by atoms with Gasteiger partial charge in [-0.2, -0.15) is 10.4 Å². The van der Waals surface area contributed by atoms with Gasteiger partial charge in [0.2, 0.25) is 5.89 Å². The van der Waals surface area contributed by atoms with Gasteiger partial charge < -0.3 is 24.1 Å². The molecule has 1 saturated heterocycles. The van der Waals surface area contributed by atoms with Crippen LogP contribution in [0.4, 0.5) is 0 Å². The van der Waals surface area contributed by atoms with Crippen molar-refractivity contribution in [3.05, 3.63) is 89.1 Å². The number of hydrogen-bond donors (Lipinski definition) is 2. The zero-order valence-electron chi connectivity index (χ0n) is 33.4. The molecule has 4 aliphatic rings. The van der Waals surface area contributed by atoms with Crippen molar-refractivity contribution in [2.24, 2.45) is 5.41 Å². The van der Waals surface area contributed by atoms with Crippen LogP contribution in [0.15, 0.2) is 71.3 Å². The molecule has 3 aliphatic carbocycles. The van der Waals surface area contributed by atoms with Gasteiger partial charge in [0.05, 0.1) is 54.3 Å². The average Bonchev–Trinajstić information content (AvgIpc) is 3.99. The molecule has 12 heteroatoms. The Morgan fingerprint density at radius 3 is 2.34 bits per heavy atom. The molecular weight excluding hydrogens is 733 g/mol. The van der Waals surface area contributed by atoms with Crippen molar-refractivity contribution >= 4 is 28.0 Å². The van der Waals surface area contributed by atoms with Crippen molar-refractivity contribution in [1.82, 2.24) is 24.6 Å². The summed E-state index contributed by atoms with van der Waals surface area (Å²) in [6, 6.07) is 22.4. The highest BCUT2D eigenvalue weighted by atomic mass is 16.5. The maximum atomic E-state index is 12.1. The molecule has 3 heterocycles. The third-order valence-electron chi connectivity index (χ3n) is 13.5. The normalized spacial score (nSPS) is 21.9. The monoisotopic (exact) mass is 780 g/mol. The number of ether oxygens (including phenoxy) is 2. The summed E-state index contributed by atoms with van der Waals surface area (Å²) < 4.78 is 20.3. The van der Waals surface area contributed by atoms with Crippen molar-refractivity contribution in [3.63, 3.8) is 0 Å². The van der Waals surface area contributed by atoms with Crippen molar-refractivity contribution < 1.29 is 28.9 Å².